The second-order valence-corrected chi connectivity index (χ2v) is 6.84. The van der Waals surface area contributed by atoms with Gasteiger partial charge in [0.1, 0.15) is 17.6 Å². The van der Waals surface area contributed by atoms with Gasteiger partial charge in [0, 0.05) is 39.1 Å². The fourth-order valence-electron chi connectivity index (χ4n) is 3.39. The second kappa shape index (κ2) is 8.36. The van der Waals surface area contributed by atoms with Crippen molar-refractivity contribution in [1.82, 2.24) is 19.8 Å². The average Bonchev–Trinajstić information content (AvgIpc) is 3.11. The summed E-state index contributed by atoms with van der Waals surface area (Å²) in [6.45, 7) is 6.54. The van der Waals surface area contributed by atoms with Crippen LogP contribution in [0.4, 0.5) is 0 Å². The van der Waals surface area contributed by atoms with Crippen LogP contribution in [0.5, 0.6) is 5.75 Å². The van der Waals surface area contributed by atoms with Crippen molar-refractivity contribution in [2.75, 3.05) is 26.2 Å². The normalized spacial score (nSPS) is 18.6. The predicted octanol–water partition coefficient (Wildman–Crippen LogP) is 2.49. The summed E-state index contributed by atoms with van der Waals surface area (Å²) in [4.78, 5) is 19.2. The molecular formula is C20H28N4O2. The third-order valence-corrected chi connectivity index (χ3v) is 5.13. The van der Waals surface area contributed by atoms with E-state index in [0.717, 1.165) is 30.1 Å². The average molecular weight is 356 g/mol. The molecule has 1 N–H and O–H groups in total. The Balaban J connectivity index is 1.70. The molecule has 1 aliphatic heterocycles. The van der Waals surface area contributed by atoms with E-state index in [-0.39, 0.29) is 18.6 Å². The van der Waals surface area contributed by atoms with Crippen LogP contribution in [0, 0.1) is 0 Å². The first-order valence-electron chi connectivity index (χ1n) is 9.31. The summed E-state index contributed by atoms with van der Waals surface area (Å²) in [6, 6.07) is 7.93. The Labute approximate surface area is 155 Å². The number of hydrogen-bond acceptors (Lipinski definition) is 4. The first-order valence-corrected chi connectivity index (χ1v) is 9.31. The molecule has 0 saturated carbocycles. The maximum atomic E-state index is 12.9. The Hall–Kier alpha value is -2.34. The molecular weight excluding hydrogens is 328 g/mol. The molecule has 1 amide bonds. The maximum Gasteiger partial charge on any atom is 0.261 e. The summed E-state index contributed by atoms with van der Waals surface area (Å²) in [5.74, 6) is 2.10. The van der Waals surface area contributed by atoms with Gasteiger partial charge in [-0.25, -0.2) is 4.98 Å². The third-order valence-electron chi connectivity index (χ3n) is 5.13. The molecule has 0 aliphatic carbocycles. The number of imidazole rings is 1. The molecule has 1 aromatic heterocycles. The minimum absolute atomic E-state index is 0.00143. The number of nitrogens with zero attached hydrogens (tertiary/aromatic N) is 3. The van der Waals surface area contributed by atoms with Gasteiger partial charge >= 0.3 is 0 Å². The zero-order valence-corrected chi connectivity index (χ0v) is 15.8. The number of rotatable bonds is 6. The molecule has 1 aromatic carbocycles. The van der Waals surface area contributed by atoms with Gasteiger partial charge < -0.3 is 19.5 Å². The van der Waals surface area contributed by atoms with E-state index in [1.807, 2.05) is 40.9 Å². The summed E-state index contributed by atoms with van der Waals surface area (Å²) in [5.41, 5.74) is 1.16. The van der Waals surface area contributed by atoms with Crippen LogP contribution < -0.4 is 10.1 Å². The van der Waals surface area contributed by atoms with E-state index in [4.69, 9.17) is 4.74 Å². The summed E-state index contributed by atoms with van der Waals surface area (Å²) in [7, 11) is 1.96. The lowest BCUT2D eigenvalue weighted by molar-refractivity contribution is -0.137. The minimum Gasteiger partial charge on any atom is -0.483 e. The van der Waals surface area contributed by atoms with Gasteiger partial charge in [0.15, 0.2) is 6.61 Å². The zero-order valence-electron chi connectivity index (χ0n) is 15.8. The van der Waals surface area contributed by atoms with E-state index in [1.165, 1.54) is 0 Å². The molecule has 0 radical (unpaired) electrons. The third kappa shape index (κ3) is 3.90. The molecule has 6 heteroatoms. The van der Waals surface area contributed by atoms with Crippen LogP contribution in [-0.4, -0.2) is 46.6 Å². The van der Waals surface area contributed by atoms with Gasteiger partial charge in [-0.2, -0.15) is 0 Å². The highest BCUT2D eigenvalue weighted by Gasteiger charge is 2.30. The lowest BCUT2D eigenvalue weighted by atomic mass is 9.98. The number of para-hydroxylation sites is 1. The summed E-state index contributed by atoms with van der Waals surface area (Å²) < 4.78 is 7.90. The molecule has 1 fully saturated rings. The van der Waals surface area contributed by atoms with E-state index in [1.54, 1.807) is 6.20 Å². The Morgan fingerprint density at radius 1 is 1.42 bits per heavy atom. The highest BCUT2D eigenvalue weighted by molar-refractivity contribution is 5.78. The smallest absolute Gasteiger partial charge is 0.261 e. The van der Waals surface area contributed by atoms with Crippen LogP contribution in [0.1, 0.15) is 43.6 Å². The number of piperazine rings is 1. The number of amides is 1. The van der Waals surface area contributed by atoms with E-state index in [9.17, 15) is 4.79 Å². The number of aromatic nitrogens is 2. The number of carbonyl (C=O) groups excluding carboxylic acids is 1. The minimum atomic E-state index is -0.0651. The van der Waals surface area contributed by atoms with E-state index < -0.39 is 0 Å². The fraction of sp³-hybridized carbons (Fsp3) is 0.500. The van der Waals surface area contributed by atoms with Crippen LogP contribution in [0.15, 0.2) is 36.7 Å². The van der Waals surface area contributed by atoms with Crippen molar-refractivity contribution in [3.05, 3.63) is 48.0 Å². The standard InChI is InChI=1S/C20H28N4O2/c1-4-15(2)16-7-5-6-8-18(16)26-14-19(25)24-12-9-21-13-17(24)20-22-10-11-23(20)3/h5-8,10-11,15,17,21H,4,9,12-14H2,1-3H3. The first-order chi connectivity index (χ1) is 12.6. The lowest BCUT2D eigenvalue weighted by Gasteiger charge is -2.35. The van der Waals surface area contributed by atoms with Gasteiger partial charge in [-0.15, -0.1) is 0 Å². The van der Waals surface area contributed by atoms with Gasteiger partial charge in [0.2, 0.25) is 0 Å². The Morgan fingerprint density at radius 2 is 2.23 bits per heavy atom. The first kappa shape index (κ1) is 18.5. The number of aryl methyl sites for hydroxylation is 1. The fourth-order valence-corrected chi connectivity index (χ4v) is 3.39. The van der Waals surface area contributed by atoms with Crippen molar-refractivity contribution in [2.45, 2.75) is 32.2 Å². The SMILES string of the molecule is CCC(C)c1ccccc1OCC(=O)N1CCNCC1c1nccn1C. The van der Waals surface area contributed by atoms with Crippen molar-refractivity contribution < 1.29 is 9.53 Å². The van der Waals surface area contributed by atoms with Gasteiger partial charge in [-0.1, -0.05) is 32.0 Å². The molecule has 2 heterocycles. The van der Waals surface area contributed by atoms with Crippen LogP contribution in [-0.2, 0) is 11.8 Å². The van der Waals surface area contributed by atoms with Gasteiger partial charge in [-0.3, -0.25) is 4.79 Å². The van der Waals surface area contributed by atoms with Gasteiger partial charge in [-0.05, 0) is 24.0 Å². The molecule has 2 unspecified atom stereocenters. The molecule has 0 spiro atoms. The number of carbonyl (C=O) groups is 1. The molecule has 1 aliphatic rings. The number of hydrogen-bond donors (Lipinski definition) is 1. The molecule has 26 heavy (non-hydrogen) atoms. The van der Waals surface area contributed by atoms with E-state index >= 15 is 0 Å². The van der Waals surface area contributed by atoms with Crippen molar-refractivity contribution in [1.29, 1.82) is 0 Å². The summed E-state index contributed by atoms with van der Waals surface area (Å²) in [5, 5.41) is 3.35. The van der Waals surface area contributed by atoms with Gasteiger partial charge in [0.25, 0.3) is 5.91 Å². The van der Waals surface area contributed by atoms with Crippen LogP contribution in [0.25, 0.3) is 0 Å². The van der Waals surface area contributed by atoms with Crippen molar-refractivity contribution >= 4 is 5.91 Å². The zero-order chi connectivity index (χ0) is 18.5. The summed E-state index contributed by atoms with van der Waals surface area (Å²) in [6.07, 6.45) is 4.71. The number of nitrogens with one attached hydrogen (secondary N) is 1. The molecule has 6 nitrogen and oxygen atoms in total. The molecule has 3 rings (SSSR count). The number of ether oxygens (including phenoxy) is 1. The lowest BCUT2D eigenvalue weighted by Crippen LogP contribution is -2.50. The number of benzene rings is 1. The maximum absolute atomic E-state index is 12.9. The largest absolute Gasteiger partial charge is 0.483 e. The van der Waals surface area contributed by atoms with Crippen molar-refractivity contribution in [3.8, 4) is 5.75 Å². The molecule has 2 atom stereocenters. The van der Waals surface area contributed by atoms with Crippen LogP contribution >= 0.6 is 0 Å². The second-order valence-electron chi connectivity index (χ2n) is 6.84. The highest BCUT2D eigenvalue weighted by Crippen LogP contribution is 2.28. The van der Waals surface area contributed by atoms with Crippen LogP contribution in [0.3, 0.4) is 0 Å². The predicted molar refractivity (Wildman–Crippen MR) is 101 cm³/mol. The Morgan fingerprint density at radius 3 is 2.96 bits per heavy atom. The van der Waals surface area contributed by atoms with E-state index in [2.05, 4.69) is 30.2 Å². The Kier molecular flexibility index (Phi) is 5.93. The van der Waals surface area contributed by atoms with Crippen molar-refractivity contribution in [3.63, 3.8) is 0 Å². The molecule has 2 aromatic rings. The summed E-state index contributed by atoms with van der Waals surface area (Å²) >= 11 is 0. The topological polar surface area (TPSA) is 59.4 Å². The highest BCUT2D eigenvalue weighted by atomic mass is 16.5. The Bertz CT molecular complexity index is 743. The van der Waals surface area contributed by atoms with Crippen molar-refractivity contribution in [2.24, 2.45) is 7.05 Å². The molecule has 0 bridgehead atoms. The van der Waals surface area contributed by atoms with Gasteiger partial charge in [0.05, 0.1) is 0 Å². The monoisotopic (exact) mass is 356 g/mol. The van der Waals surface area contributed by atoms with E-state index in [0.29, 0.717) is 19.0 Å². The molecule has 140 valence electrons. The quantitative estimate of drug-likeness (QED) is 0.864. The molecule has 1 saturated heterocycles. The van der Waals surface area contributed by atoms with Crippen LogP contribution in [0.2, 0.25) is 0 Å².